The Bertz CT molecular complexity index is 797. The normalized spacial score (nSPS) is 25.1. The third-order valence-corrected chi connectivity index (χ3v) is 7.16. The number of allylic oxidation sites excluding steroid dienone is 1. The highest BCUT2D eigenvalue weighted by Gasteiger charge is 2.40. The number of amides is 2. The molecule has 0 saturated carbocycles. The van der Waals surface area contributed by atoms with E-state index in [1.54, 1.807) is 11.4 Å². The first kappa shape index (κ1) is 18.4. The van der Waals surface area contributed by atoms with Crippen molar-refractivity contribution in [1.82, 2.24) is 9.80 Å². The third kappa shape index (κ3) is 3.59. The van der Waals surface area contributed by atoms with Gasteiger partial charge in [0.25, 0.3) is 5.91 Å². The van der Waals surface area contributed by atoms with Gasteiger partial charge in [-0.3, -0.25) is 14.4 Å². The molecule has 2 saturated heterocycles. The van der Waals surface area contributed by atoms with Gasteiger partial charge in [0.05, 0.1) is 10.4 Å². The van der Waals surface area contributed by atoms with Crippen molar-refractivity contribution in [1.29, 1.82) is 0 Å². The van der Waals surface area contributed by atoms with Crippen molar-refractivity contribution in [2.45, 2.75) is 51.5 Å². The van der Waals surface area contributed by atoms with Gasteiger partial charge in [0.2, 0.25) is 5.91 Å². The number of rotatable bonds is 3. The third-order valence-electron chi connectivity index (χ3n) is 6.13. The Hall–Kier alpha value is -1.95. The van der Waals surface area contributed by atoms with E-state index in [4.69, 9.17) is 0 Å². The lowest BCUT2D eigenvalue weighted by Gasteiger charge is -2.47. The van der Waals surface area contributed by atoms with E-state index >= 15 is 0 Å². The molecule has 2 amide bonds. The molecule has 0 unspecified atom stereocenters. The van der Waals surface area contributed by atoms with Crippen molar-refractivity contribution >= 4 is 28.9 Å². The van der Waals surface area contributed by atoms with Crippen LogP contribution in [0.25, 0.3) is 0 Å². The highest BCUT2D eigenvalue weighted by atomic mass is 32.1. The summed E-state index contributed by atoms with van der Waals surface area (Å²) in [6.45, 7) is 3.75. The second-order valence-electron chi connectivity index (χ2n) is 7.89. The SMILES string of the molecule is CC(=O)c1cc(C(=O)N2CC[C@H]3[C@H](CCCN3C(=O)C3=CCCC3)C2)cs1. The number of thiophene rings is 1. The molecule has 1 aliphatic carbocycles. The number of carbonyl (C=O) groups excluding carboxylic acids is 3. The largest absolute Gasteiger partial charge is 0.338 e. The van der Waals surface area contributed by atoms with Crippen molar-refractivity contribution in [3.05, 3.63) is 33.5 Å². The lowest BCUT2D eigenvalue weighted by Crippen LogP contribution is -2.56. The summed E-state index contributed by atoms with van der Waals surface area (Å²) >= 11 is 1.33. The van der Waals surface area contributed by atoms with Crippen molar-refractivity contribution in [3.8, 4) is 0 Å². The van der Waals surface area contributed by atoms with Gasteiger partial charge >= 0.3 is 0 Å². The predicted molar refractivity (Wildman–Crippen MR) is 105 cm³/mol. The maximum atomic E-state index is 12.9. The van der Waals surface area contributed by atoms with Gasteiger partial charge in [0, 0.05) is 36.6 Å². The maximum Gasteiger partial charge on any atom is 0.254 e. The van der Waals surface area contributed by atoms with Gasteiger partial charge in [-0.15, -0.1) is 11.3 Å². The number of piperidine rings is 2. The lowest BCUT2D eigenvalue weighted by atomic mass is 9.83. The van der Waals surface area contributed by atoms with Crippen LogP contribution in [0.5, 0.6) is 0 Å². The van der Waals surface area contributed by atoms with Crippen LogP contribution >= 0.6 is 11.3 Å². The minimum absolute atomic E-state index is 0.000380. The summed E-state index contributed by atoms with van der Waals surface area (Å²) in [6, 6.07) is 1.97. The van der Waals surface area contributed by atoms with Crippen LogP contribution in [0, 0.1) is 5.92 Å². The second-order valence-corrected chi connectivity index (χ2v) is 8.80. The van der Waals surface area contributed by atoms with E-state index in [0.29, 0.717) is 29.4 Å². The molecule has 3 aliphatic rings. The number of hydrogen-bond donors (Lipinski definition) is 0. The average Bonchev–Trinajstić information content (AvgIpc) is 3.37. The van der Waals surface area contributed by atoms with Crippen LogP contribution < -0.4 is 0 Å². The van der Waals surface area contributed by atoms with Crippen LogP contribution in [0.3, 0.4) is 0 Å². The first-order valence-electron chi connectivity index (χ1n) is 9.93. The quantitative estimate of drug-likeness (QED) is 0.747. The molecule has 2 fully saturated rings. The summed E-state index contributed by atoms with van der Waals surface area (Å²) in [4.78, 5) is 41.9. The van der Waals surface area contributed by atoms with Crippen molar-refractivity contribution in [3.63, 3.8) is 0 Å². The molecule has 3 heterocycles. The molecule has 2 atom stereocenters. The van der Waals surface area contributed by atoms with E-state index in [9.17, 15) is 14.4 Å². The van der Waals surface area contributed by atoms with Crippen LogP contribution in [0.2, 0.25) is 0 Å². The van der Waals surface area contributed by atoms with Gasteiger partial charge < -0.3 is 9.80 Å². The van der Waals surface area contributed by atoms with E-state index in [0.717, 1.165) is 50.6 Å². The minimum atomic E-state index is 0.000380. The molecular formula is C21H26N2O3S. The highest BCUT2D eigenvalue weighted by Crippen LogP contribution is 2.33. The molecule has 27 heavy (non-hydrogen) atoms. The summed E-state index contributed by atoms with van der Waals surface area (Å²) in [5.74, 6) is 0.596. The fraction of sp³-hybridized carbons (Fsp3) is 0.571. The number of nitrogens with zero attached hydrogens (tertiary/aromatic N) is 2. The molecule has 6 heteroatoms. The number of fused-ring (bicyclic) bond motifs is 1. The Morgan fingerprint density at radius 2 is 1.96 bits per heavy atom. The molecule has 0 N–H and O–H groups in total. The standard InChI is InChI=1S/C21H26N2O3S/c1-14(24)19-11-17(13-27-19)20(25)22-10-8-18-16(12-22)7-4-9-23(18)21(26)15-5-2-3-6-15/h5,11,13,16,18H,2-4,6-10,12H2,1H3/t16-,18+/m1/s1. The van der Waals surface area contributed by atoms with Crippen molar-refractivity contribution in [2.24, 2.45) is 5.92 Å². The summed E-state index contributed by atoms with van der Waals surface area (Å²) < 4.78 is 0. The first-order valence-corrected chi connectivity index (χ1v) is 10.8. The zero-order chi connectivity index (χ0) is 19.0. The Balaban J connectivity index is 1.44. The Labute approximate surface area is 164 Å². The van der Waals surface area contributed by atoms with Crippen molar-refractivity contribution in [2.75, 3.05) is 19.6 Å². The molecule has 0 aromatic carbocycles. The molecule has 0 spiro atoms. The second kappa shape index (κ2) is 7.58. The van der Waals surface area contributed by atoms with Gasteiger partial charge in [-0.05, 0) is 57.4 Å². The summed E-state index contributed by atoms with van der Waals surface area (Å²) in [6.07, 6.45) is 8.05. The lowest BCUT2D eigenvalue weighted by molar-refractivity contribution is -0.133. The van der Waals surface area contributed by atoms with Gasteiger partial charge in [0.1, 0.15) is 0 Å². The first-order chi connectivity index (χ1) is 13.0. The summed E-state index contributed by atoms with van der Waals surface area (Å²) in [5, 5.41) is 1.79. The molecule has 5 nitrogen and oxygen atoms in total. The zero-order valence-electron chi connectivity index (χ0n) is 15.8. The van der Waals surface area contributed by atoms with Gasteiger partial charge in [-0.1, -0.05) is 6.08 Å². The van der Waals surface area contributed by atoms with Crippen LogP contribution in [0.15, 0.2) is 23.1 Å². The molecule has 0 radical (unpaired) electrons. The van der Waals surface area contributed by atoms with Crippen LogP contribution in [-0.2, 0) is 4.79 Å². The minimum Gasteiger partial charge on any atom is -0.338 e. The van der Waals surface area contributed by atoms with Crippen LogP contribution in [-0.4, -0.2) is 53.1 Å². The van der Waals surface area contributed by atoms with Gasteiger partial charge in [-0.25, -0.2) is 0 Å². The molecule has 4 rings (SSSR count). The number of ketones is 1. The van der Waals surface area contributed by atoms with Crippen LogP contribution in [0.4, 0.5) is 0 Å². The smallest absolute Gasteiger partial charge is 0.254 e. The topological polar surface area (TPSA) is 57.7 Å². The molecular weight excluding hydrogens is 360 g/mol. The predicted octanol–water partition coefficient (Wildman–Crippen LogP) is 3.51. The molecule has 1 aromatic heterocycles. The number of hydrogen-bond acceptors (Lipinski definition) is 4. The fourth-order valence-corrected chi connectivity index (χ4v) is 5.49. The zero-order valence-corrected chi connectivity index (χ0v) is 16.6. The molecule has 0 bridgehead atoms. The Kier molecular flexibility index (Phi) is 5.17. The Morgan fingerprint density at radius 1 is 1.11 bits per heavy atom. The van der Waals surface area contributed by atoms with E-state index in [2.05, 4.69) is 11.0 Å². The summed E-state index contributed by atoms with van der Waals surface area (Å²) in [5.41, 5.74) is 1.60. The van der Waals surface area contributed by atoms with Crippen molar-refractivity contribution < 1.29 is 14.4 Å². The molecule has 1 aromatic rings. The van der Waals surface area contributed by atoms with E-state index in [-0.39, 0.29) is 23.6 Å². The maximum absolute atomic E-state index is 12.9. The fourth-order valence-electron chi connectivity index (χ4n) is 4.71. The molecule has 144 valence electrons. The summed E-state index contributed by atoms with van der Waals surface area (Å²) in [7, 11) is 0. The van der Waals surface area contributed by atoms with Gasteiger partial charge in [0.15, 0.2) is 5.78 Å². The Morgan fingerprint density at radius 3 is 2.67 bits per heavy atom. The molecule has 2 aliphatic heterocycles. The van der Waals surface area contributed by atoms with E-state index < -0.39 is 0 Å². The number of Topliss-reactive ketones (excluding diaryl/α,β-unsaturated/α-hetero) is 1. The van der Waals surface area contributed by atoms with E-state index in [1.165, 1.54) is 18.3 Å². The number of carbonyl (C=O) groups is 3. The van der Waals surface area contributed by atoms with Crippen LogP contribution in [0.1, 0.15) is 65.5 Å². The van der Waals surface area contributed by atoms with E-state index in [1.807, 2.05) is 4.90 Å². The number of likely N-dealkylation sites (tertiary alicyclic amines) is 2. The monoisotopic (exact) mass is 386 g/mol. The average molecular weight is 387 g/mol. The highest BCUT2D eigenvalue weighted by molar-refractivity contribution is 7.12. The van der Waals surface area contributed by atoms with Gasteiger partial charge in [-0.2, -0.15) is 0 Å².